The molecule has 0 spiro atoms. The van der Waals surface area contributed by atoms with E-state index < -0.39 is 11.9 Å². The highest BCUT2D eigenvalue weighted by Crippen LogP contribution is 2.38. The SMILES string of the molecule is COC(=O)C1CCc2c(OC)ccc(OC)c2C1=O. The van der Waals surface area contributed by atoms with Crippen LogP contribution in [0.25, 0.3) is 0 Å². The van der Waals surface area contributed by atoms with Gasteiger partial charge in [0.1, 0.15) is 17.4 Å². The lowest BCUT2D eigenvalue weighted by Crippen LogP contribution is -2.31. The molecule has 0 radical (unpaired) electrons. The first-order valence-electron chi connectivity index (χ1n) is 6.00. The molecule has 0 saturated carbocycles. The van der Waals surface area contributed by atoms with Crippen molar-refractivity contribution in [1.82, 2.24) is 0 Å². The van der Waals surface area contributed by atoms with Gasteiger partial charge in [-0.3, -0.25) is 9.59 Å². The van der Waals surface area contributed by atoms with Gasteiger partial charge >= 0.3 is 5.97 Å². The van der Waals surface area contributed by atoms with E-state index in [0.29, 0.717) is 29.9 Å². The first-order valence-corrected chi connectivity index (χ1v) is 6.00. The molecule has 0 aromatic heterocycles. The van der Waals surface area contributed by atoms with Crippen LogP contribution in [0.2, 0.25) is 0 Å². The standard InChI is InChI=1S/C14H16O5/c1-17-10-6-7-11(18-2)12-8(10)4-5-9(13(12)15)14(16)19-3/h6-7,9H,4-5H2,1-3H3. The van der Waals surface area contributed by atoms with Crippen molar-refractivity contribution >= 4 is 11.8 Å². The Morgan fingerprint density at radius 2 is 1.79 bits per heavy atom. The maximum Gasteiger partial charge on any atom is 0.316 e. The number of rotatable bonds is 3. The predicted molar refractivity (Wildman–Crippen MR) is 67.7 cm³/mol. The van der Waals surface area contributed by atoms with Crippen molar-refractivity contribution in [3.63, 3.8) is 0 Å². The fraction of sp³-hybridized carbons (Fsp3) is 0.429. The van der Waals surface area contributed by atoms with E-state index in [1.54, 1.807) is 19.2 Å². The summed E-state index contributed by atoms with van der Waals surface area (Å²) in [7, 11) is 4.34. The van der Waals surface area contributed by atoms with Crippen molar-refractivity contribution in [2.45, 2.75) is 12.8 Å². The van der Waals surface area contributed by atoms with Gasteiger partial charge in [-0.05, 0) is 25.0 Å². The predicted octanol–water partition coefficient (Wildman–Crippen LogP) is 1.62. The van der Waals surface area contributed by atoms with E-state index >= 15 is 0 Å². The monoisotopic (exact) mass is 264 g/mol. The van der Waals surface area contributed by atoms with Crippen molar-refractivity contribution in [3.8, 4) is 11.5 Å². The minimum absolute atomic E-state index is 0.260. The molecule has 0 bridgehead atoms. The molecule has 0 heterocycles. The van der Waals surface area contributed by atoms with Gasteiger partial charge in [0.2, 0.25) is 0 Å². The van der Waals surface area contributed by atoms with Gasteiger partial charge in [-0.2, -0.15) is 0 Å². The first kappa shape index (κ1) is 13.4. The number of ether oxygens (including phenoxy) is 3. The molecule has 1 unspecified atom stereocenters. The van der Waals surface area contributed by atoms with Gasteiger partial charge in [-0.1, -0.05) is 0 Å². The summed E-state index contributed by atoms with van der Waals surface area (Å²) in [6.07, 6.45) is 1.02. The number of carbonyl (C=O) groups excluding carboxylic acids is 2. The van der Waals surface area contributed by atoms with Crippen LogP contribution in [0, 0.1) is 5.92 Å². The van der Waals surface area contributed by atoms with Crippen molar-refractivity contribution in [2.75, 3.05) is 21.3 Å². The Hall–Kier alpha value is -2.04. The molecule has 0 aliphatic heterocycles. The smallest absolute Gasteiger partial charge is 0.316 e. The second kappa shape index (κ2) is 5.30. The quantitative estimate of drug-likeness (QED) is 0.613. The molecule has 2 rings (SSSR count). The van der Waals surface area contributed by atoms with Crippen LogP contribution in [0.1, 0.15) is 22.3 Å². The van der Waals surface area contributed by atoms with E-state index in [-0.39, 0.29) is 5.78 Å². The summed E-state index contributed by atoms with van der Waals surface area (Å²) in [5.74, 6) is -0.398. The normalized spacial score (nSPS) is 17.6. The summed E-state index contributed by atoms with van der Waals surface area (Å²) in [5, 5.41) is 0. The van der Waals surface area contributed by atoms with E-state index in [1.165, 1.54) is 14.2 Å². The molecular formula is C14H16O5. The van der Waals surface area contributed by atoms with E-state index in [0.717, 1.165) is 5.56 Å². The number of methoxy groups -OCH3 is 3. The van der Waals surface area contributed by atoms with Crippen molar-refractivity contribution < 1.29 is 23.8 Å². The number of hydrogen-bond donors (Lipinski definition) is 0. The number of Topliss-reactive ketones (excluding diaryl/α,β-unsaturated/α-hetero) is 1. The van der Waals surface area contributed by atoms with E-state index in [9.17, 15) is 9.59 Å². The lowest BCUT2D eigenvalue weighted by atomic mass is 9.81. The van der Waals surface area contributed by atoms with Crippen LogP contribution in [-0.2, 0) is 16.0 Å². The minimum Gasteiger partial charge on any atom is -0.496 e. The fourth-order valence-corrected chi connectivity index (χ4v) is 2.45. The van der Waals surface area contributed by atoms with Crippen molar-refractivity contribution in [2.24, 2.45) is 5.92 Å². The summed E-state index contributed by atoms with van der Waals surface area (Å²) in [6.45, 7) is 0. The van der Waals surface area contributed by atoms with Crippen LogP contribution >= 0.6 is 0 Å². The van der Waals surface area contributed by atoms with Crippen LogP contribution < -0.4 is 9.47 Å². The van der Waals surface area contributed by atoms with Gasteiger partial charge in [-0.25, -0.2) is 0 Å². The second-order valence-electron chi connectivity index (χ2n) is 4.30. The van der Waals surface area contributed by atoms with E-state index in [1.807, 2.05) is 0 Å². The Labute approximate surface area is 111 Å². The largest absolute Gasteiger partial charge is 0.496 e. The van der Waals surface area contributed by atoms with Crippen molar-refractivity contribution in [3.05, 3.63) is 23.3 Å². The Kier molecular flexibility index (Phi) is 3.74. The molecule has 0 fully saturated rings. The summed E-state index contributed by atoms with van der Waals surface area (Å²) < 4.78 is 15.1. The Bertz CT molecular complexity index is 521. The van der Waals surface area contributed by atoms with Crippen LogP contribution in [0.5, 0.6) is 11.5 Å². The highest BCUT2D eigenvalue weighted by atomic mass is 16.5. The van der Waals surface area contributed by atoms with Crippen LogP contribution in [0.3, 0.4) is 0 Å². The average molecular weight is 264 g/mol. The zero-order chi connectivity index (χ0) is 14.0. The topological polar surface area (TPSA) is 61.8 Å². The zero-order valence-electron chi connectivity index (χ0n) is 11.2. The Balaban J connectivity index is 2.52. The van der Waals surface area contributed by atoms with Crippen molar-refractivity contribution in [1.29, 1.82) is 0 Å². The average Bonchev–Trinajstić information content (AvgIpc) is 2.45. The van der Waals surface area contributed by atoms with Crippen LogP contribution in [0.4, 0.5) is 0 Å². The number of benzene rings is 1. The molecule has 1 aliphatic rings. The van der Waals surface area contributed by atoms with Gasteiger partial charge in [-0.15, -0.1) is 0 Å². The second-order valence-corrected chi connectivity index (χ2v) is 4.30. The molecule has 102 valence electrons. The lowest BCUT2D eigenvalue weighted by Gasteiger charge is -2.24. The van der Waals surface area contributed by atoms with Crippen LogP contribution in [0.15, 0.2) is 12.1 Å². The molecular weight excluding hydrogens is 248 g/mol. The number of carbonyl (C=O) groups is 2. The summed E-state index contributed by atoms with van der Waals surface area (Å²) in [6, 6.07) is 3.44. The number of ketones is 1. The molecule has 5 heteroatoms. The summed E-state index contributed by atoms with van der Waals surface area (Å²) in [5.41, 5.74) is 1.23. The first-order chi connectivity index (χ1) is 9.13. The molecule has 0 N–H and O–H groups in total. The Morgan fingerprint density at radius 1 is 1.16 bits per heavy atom. The third-order valence-electron chi connectivity index (χ3n) is 3.40. The maximum absolute atomic E-state index is 12.4. The highest BCUT2D eigenvalue weighted by Gasteiger charge is 2.37. The molecule has 1 aromatic rings. The molecule has 0 amide bonds. The Morgan fingerprint density at radius 3 is 2.37 bits per heavy atom. The fourth-order valence-electron chi connectivity index (χ4n) is 2.45. The van der Waals surface area contributed by atoms with Gasteiger partial charge in [0.05, 0.1) is 26.9 Å². The maximum atomic E-state index is 12.4. The number of hydrogen-bond acceptors (Lipinski definition) is 5. The van der Waals surface area contributed by atoms with E-state index in [2.05, 4.69) is 4.74 Å². The molecule has 0 saturated heterocycles. The van der Waals surface area contributed by atoms with Gasteiger partial charge < -0.3 is 14.2 Å². The highest BCUT2D eigenvalue weighted by molar-refractivity contribution is 6.12. The number of esters is 1. The lowest BCUT2D eigenvalue weighted by molar-refractivity contribution is -0.143. The third kappa shape index (κ3) is 2.16. The zero-order valence-corrected chi connectivity index (χ0v) is 11.2. The summed E-state index contributed by atoms with van der Waals surface area (Å²) in [4.78, 5) is 24.1. The minimum atomic E-state index is -0.751. The van der Waals surface area contributed by atoms with E-state index in [4.69, 9.17) is 9.47 Å². The van der Waals surface area contributed by atoms with Crippen LogP contribution in [-0.4, -0.2) is 33.1 Å². The third-order valence-corrected chi connectivity index (χ3v) is 3.40. The molecule has 1 atom stereocenters. The molecule has 19 heavy (non-hydrogen) atoms. The van der Waals surface area contributed by atoms with Gasteiger partial charge in [0.15, 0.2) is 5.78 Å². The van der Waals surface area contributed by atoms with Gasteiger partial charge in [0.25, 0.3) is 0 Å². The summed E-state index contributed by atoms with van der Waals surface area (Å²) >= 11 is 0. The van der Waals surface area contributed by atoms with Gasteiger partial charge in [0, 0.05) is 5.56 Å². The number of fused-ring (bicyclic) bond motifs is 1. The molecule has 1 aromatic carbocycles. The molecule has 1 aliphatic carbocycles. The molecule has 5 nitrogen and oxygen atoms in total.